The SMILES string of the molecule is COc1cc(C(=O)NC2(C(=O)O)CC2)c(Cl)cc1OC(C)C. The Kier molecular flexibility index (Phi) is 4.51. The lowest BCUT2D eigenvalue weighted by Gasteiger charge is -2.17. The number of amides is 1. The predicted octanol–water partition coefficient (Wildman–Crippen LogP) is 2.48. The van der Waals surface area contributed by atoms with Gasteiger partial charge < -0.3 is 19.9 Å². The van der Waals surface area contributed by atoms with Gasteiger partial charge in [0.1, 0.15) is 5.54 Å². The molecule has 0 radical (unpaired) electrons. The third kappa shape index (κ3) is 3.27. The van der Waals surface area contributed by atoms with Crippen LogP contribution in [0.2, 0.25) is 5.02 Å². The maximum absolute atomic E-state index is 12.3. The van der Waals surface area contributed by atoms with E-state index in [1.54, 1.807) is 0 Å². The number of ether oxygens (including phenoxy) is 2. The van der Waals surface area contributed by atoms with Crippen LogP contribution in [0.5, 0.6) is 11.5 Å². The minimum Gasteiger partial charge on any atom is -0.493 e. The van der Waals surface area contributed by atoms with Gasteiger partial charge in [-0.25, -0.2) is 4.79 Å². The van der Waals surface area contributed by atoms with Crippen LogP contribution >= 0.6 is 11.6 Å². The Hall–Kier alpha value is -1.95. The summed E-state index contributed by atoms with van der Waals surface area (Å²) < 4.78 is 10.8. The summed E-state index contributed by atoms with van der Waals surface area (Å²) in [6, 6.07) is 2.95. The van der Waals surface area contributed by atoms with E-state index in [0.29, 0.717) is 24.3 Å². The number of aliphatic carboxylic acids is 1. The van der Waals surface area contributed by atoms with Crippen molar-refractivity contribution in [3.63, 3.8) is 0 Å². The zero-order chi connectivity index (χ0) is 16.5. The van der Waals surface area contributed by atoms with Gasteiger partial charge >= 0.3 is 5.97 Å². The molecule has 2 rings (SSSR count). The van der Waals surface area contributed by atoms with Gasteiger partial charge in [-0.2, -0.15) is 0 Å². The molecular weight excluding hydrogens is 310 g/mol. The van der Waals surface area contributed by atoms with E-state index in [-0.39, 0.29) is 16.7 Å². The van der Waals surface area contributed by atoms with Gasteiger partial charge in [-0.3, -0.25) is 4.79 Å². The van der Waals surface area contributed by atoms with Crippen LogP contribution in [0.4, 0.5) is 0 Å². The van der Waals surface area contributed by atoms with E-state index in [2.05, 4.69) is 5.32 Å². The first-order valence-corrected chi connectivity index (χ1v) is 7.27. The van der Waals surface area contributed by atoms with E-state index >= 15 is 0 Å². The largest absolute Gasteiger partial charge is 0.493 e. The van der Waals surface area contributed by atoms with Crippen LogP contribution in [0.1, 0.15) is 37.0 Å². The van der Waals surface area contributed by atoms with E-state index in [9.17, 15) is 9.59 Å². The number of nitrogens with one attached hydrogen (secondary N) is 1. The zero-order valence-electron chi connectivity index (χ0n) is 12.6. The summed E-state index contributed by atoms with van der Waals surface area (Å²) in [5, 5.41) is 11.8. The molecule has 6 nitrogen and oxygen atoms in total. The lowest BCUT2D eigenvalue weighted by Crippen LogP contribution is -2.43. The number of carbonyl (C=O) groups excluding carboxylic acids is 1. The van der Waals surface area contributed by atoms with Crippen molar-refractivity contribution in [1.82, 2.24) is 5.32 Å². The molecule has 1 aromatic rings. The van der Waals surface area contributed by atoms with Crippen molar-refractivity contribution in [2.75, 3.05) is 7.11 Å². The van der Waals surface area contributed by atoms with Crippen LogP contribution in [0.15, 0.2) is 12.1 Å². The van der Waals surface area contributed by atoms with Crippen LogP contribution in [-0.2, 0) is 4.79 Å². The average Bonchev–Trinajstić information content (AvgIpc) is 3.19. The Morgan fingerprint density at radius 3 is 2.41 bits per heavy atom. The van der Waals surface area contributed by atoms with E-state index in [0.717, 1.165) is 0 Å². The number of halogens is 1. The van der Waals surface area contributed by atoms with Gasteiger partial charge in [0.15, 0.2) is 11.5 Å². The summed E-state index contributed by atoms with van der Waals surface area (Å²) in [6.07, 6.45) is 0.751. The van der Waals surface area contributed by atoms with Crippen molar-refractivity contribution in [3.05, 3.63) is 22.7 Å². The Balaban J connectivity index is 2.27. The highest BCUT2D eigenvalue weighted by atomic mass is 35.5. The first-order chi connectivity index (χ1) is 10.3. The Bertz CT molecular complexity index is 610. The first kappa shape index (κ1) is 16.4. The Labute approximate surface area is 133 Å². The Morgan fingerprint density at radius 2 is 1.95 bits per heavy atom. The highest BCUT2D eigenvalue weighted by Crippen LogP contribution is 2.38. The number of methoxy groups -OCH3 is 1. The molecule has 22 heavy (non-hydrogen) atoms. The molecule has 2 N–H and O–H groups in total. The van der Waals surface area contributed by atoms with E-state index in [1.807, 2.05) is 13.8 Å². The highest BCUT2D eigenvalue weighted by molar-refractivity contribution is 6.34. The van der Waals surface area contributed by atoms with Crippen molar-refractivity contribution < 1.29 is 24.2 Å². The highest BCUT2D eigenvalue weighted by Gasteiger charge is 2.51. The normalized spacial score (nSPS) is 15.3. The molecule has 0 aliphatic heterocycles. The maximum Gasteiger partial charge on any atom is 0.329 e. The minimum atomic E-state index is -1.17. The second-order valence-corrected chi connectivity index (χ2v) is 5.90. The summed E-state index contributed by atoms with van der Waals surface area (Å²) in [6.45, 7) is 3.72. The van der Waals surface area contributed by atoms with Crippen LogP contribution < -0.4 is 14.8 Å². The molecule has 120 valence electrons. The monoisotopic (exact) mass is 327 g/mol. The van der Waals surface area contributed by atoms with Gasteiger partial charge in [-0.1, -0.05) is 11.6 Å². The first-order valence-electron chi connectivity index (χ1n) is 6.89. The number of carboxylic acid groups (broad SMARTS) is 1. The summed E-state index contributed by atoms with van der Waals surface area (Å²) in [4.78, 5) is 23.4. The molecule has 0 bridgehead atoms. The van der Waals surface area contributed by atoms with Crippen molar-refractivity contribution in [3.8, 4) is 11.5 Å². The molecule has 0 spiro atoms. The van der Waals surface area contributed by atoms with Crippen molar-refractivity contribution in [1.29, 1.82) is 0 Å². The summed E-state index contributed by atoms with van der Waals surface area (Å²) in [5.41, 5.74) is -1.01. The van der Waals surface area contributed by atoms with Crippen LogP contribution in [-0.4, -0.2) is 35.7 Å². The third-order valence-electron chi connectivity index (χ3n) is 3.37. The molecule has 0 aromatic heterocycles. The molecule has 1 aromatic carbocycles. The van der Waals surface area contributed by atoms with Gasteiger partial charge in [0, 0.05) is 6.07 Å². The molecule has 0 saturated heterocycles. The molecule has 0 atom stereocenters. The summed E-state index contributed by atoms with van der Waals surface area (Å²) >= 11 is 6.12. The van der Waals surface area contributed by atoms with E-state index in [1.165, 1.54) is 19.2 Å². The predicted molar refractivity (Wildman–Crippen MR) is 80.8 cm³/mol. The topological polar surface area (TPSA) is 84.9 Å². The van der Waals surface area contributed by atoms with Crippen molar-refractivity contribution >= 4 is 23.5 Å². The number of carboxylic acids is 1. The molecule has 0 unspecified atom stereocenters. The molecule has 7 heteroatoms. The number of rotatable bonds is 6. The van der Waals surface area contributed by atoms with Crippen LogP contribution in [0, 0.1) is 0 Å². The van der Waals surface area contributed by atoms with Crippen LogP contribution in [0.3, 0.4) is 0 Å². The van der Waals surface area contributed by atoms with E-state index < -0.39 is 17.4 Å². The number of carbonyl (C=O) groups is 2. The van der Waals surface area contributed by atoms with Gasteiger partial charge in [0.2, 0.25) is 0 Å². The molecule has 1 aliphatic carbocycles. The molecule has 1 saturated carbocycles. The molecule has 1 amide bonds. The lowest BCUT2D eigenvalue weighted by atomic mass is 10.1. The van der Waals surface area contributed by atoms with Crippen molar-refractivity contribution in [2.24, 2.45) is 0 Å². The van der Waals surface area contributed by atoms with Crippen molar-refractivity contribution in [2.45, 2.75) is 38.3 Å². The average molecular weight is 328 g/mol. The quantitative estimate of drug-likeness (QED) is 0.838. The standard InChI is InChI=1S/C15H18ClNO5/c1-8(2)22-12-7-10(16)9(6-11(12)21-3)13(18)17-15(4-5-15)14(19)20/h6-8H,4-5H2,1-3H3,(H,17,18)(H,19,20). The molecule has 1 fully saturated rings. The number of benzene rings is 1. The molecular formula is C15H18ClNO5. The smallest absolute Gasteiger partial charge is 0.329 e. The second kappa shape index (κ2) is 6.04. The van der Waals surface area contributed by atoms with E-state index in [4.69, 9.17) is 26.2 Å². The molecule has 0 heterocycles. The zero-order valence-corrected chi connectivity index (χ0v) is 13.4. The molecule has 1 aliphatic rings. The summed E-state index contributed by atoms with van der Waals surface area (Å²) in [5.74, 6) is -0.787. The lowest BCUT2D eigenvalue weighted by molar-refractivity contribution is -0.140. The fraction of sp³-hybridized carbons (Fsp3) is 0.467. The number of hydrogen-bond acceptors (Lipinski definition) is 4. The summed E-state index contributed by atoms with van der Waals surface area (Å²) in [7, 11) is 1.46. The number of hydrogen-bond donors (Lipinski definition) is 2. The fourth-order valence-corrected chi connectivity index (χ4v) is 2.26. The van der Waals surface area contributed by atoms with Gasteiger partial charge in [-0.05, 0) is 32.8 Å². The van der Waals surface area contributed by atoms with Gasteiger partial charge in [-0.15, -0.1) is 0 Å². The maximum atomic E-state index is 12.3. The van der Waals surface area contributed by atoms with Gasteiger partial charge in [0.25, 0.3) is 5.91 Å². The fourth-order valence-electron chi connectivity index (χ4n) is 2.02. The van der Waals surface area contributed by atoms with Gasteiger partial charge in [0.05, 0.1) is 23.8 Å². The Morgan fingerprint density at radius 1 is 1.32 bits per heavy atom. The van der Waals surface area contributed by atoms with Crippen LogP contribution in [0.25, 0.3) is 0 Å². The third-order valence-corrected chi connectivity index (χ3v) is 3.69. The second-order valence-electron chi connectivity index (χ2n) is 5.49. The minimum absolute atomic E-state index is 0.0774.